The standard InChI is InChI=1S/C20H24N4O3/c25-18-7-2-4-12-23(18)13-5-11-22-19(26)16-8-14-24(15-9-16)20(27)17-6-1-3-10-21-17/h1-4,6-7,10,12,16H,5,8-9,11,13-15H2,(H,22,26). The zero-order chi connectivity index (χ0) is 19.1. The second kappa shape index (κ2) is 9.12. The third-order valence-electron chi connectivity index (χ3n) is 4.81. The largest absolute Gasteiger partial charge is 0.356 e. The number of hydrogen-bond acceptors (Lipinski definition) is 4. The summed E-state index contributed by atoms with van der Waals surface area (Å²) in [6.45, 7) is 2.24. The molecule has 2 amide bonds. The second-order valence-electron chi connectivity index (χ2n) is 6.66. The van der Waals surface area contributed by atoms with E-state index < -0.39 is 0 Å². The van der Waals surface area contributed by atoms with Crippen molar-refractivity contribution in [2.75, 3.05) is 19.6 Å². The summed E-state index contributed by atoms with van der Waals surface area (Å²) in [5, 5.41) is 2.95. The number of carbonyl (C=O) groups is 2. The van der Waals surface area contributed by atoms with Crippen LogP contribution < -0.4 is 10.9 Å². The van der Waals surface area contributed by atoms with Crippen LogP contribution in [0.3, 0.4) is 0 Å². The Balaban J connectivity index is 1.39. The number of amides is 2. The van der Waals surface area contributed by atoms with Gasteiger partial charge in [0.15, 0.2) is 0 Å². The van der Waals surface area contributed by atoms with Gasteiger partial charge in [0.05, 0.1) is 0 Å². The van der Waals surface area contributed by atoms with Gasteiger partial charge in [-0.25, -0.2) is 0 Å². The number of pyridine rings is 2. The molecule has 0 radical (unpaired) electrons. The first kappa shape index (κ1) is 18.8. The fourth-order valence-corrected chi connectivity index (χ4v) is 3.25. The average Bonchev–Trinajstić information content (AvgIpc) is 2.72. The van der Waals surface area contributed by atoms with Crippen molar-refractivity contribution in [2.45, 2.75) is 25.8 Å². The number of aromatic nitrogens is 2. The van der Waals surface area contributed by atoms with Crippen LogP contribution in [0, 0.1) is 5.92 Å². The minimum absolute atomic E-state index is 0.0281. The van der Waals surface area contributed by atoms with Crippen molar-refractivity contribution in [3.63, 3.8) is 0 Å². The van der Waals surface area contributed by atoms with Gasteiger partial charge in [-0.3, -0.25) is 19.4 Å². The van der Waals surface area contributed by atoms with Gasteiger partial charge in [0.1, 0.15) is 5.69 Å². The van der Waals surface area contributed by atoms with E-state index in [4.69, 9.17) is 0 Å². The summed E-state index contributed by atoms with van der Waals surface area (Å²) < 4.78 is 1.63. The molecule has 1 aliphatic rings. The SMILES string of the molecule is O=C(NCCCn1ccccc1=O)C1CCN(C(=O)c2ccccn2)CC1. The molecule has 7 heteroatoms. The van der Waals surface area contributed by atoms with E-state index in [1.807, 2.05) is 6.07 Å². The summed E-state index contributed by atoms with van der Waals surface area (Å²) in [4.78, 5) is 42.2. The fourth-order valence-electron chi connectivity index (χ4n) is 3.25. The maximum Gasteiger partial charge on any atom is 0.272 e. The third kappa shape index (κ3) is 5.03. The molecule has 1 aliphatic heterocycles. The molecule has 3 heterocycles. The first-order valence-corrected chi connectivity index (χ1v) is 9.28. The Kier molecular flexibility index (Phi) is 6.35. The smallest absolute Gasteiger partial charge is 0.272 e. The van der Waals surface area contributed by atoms with Crippen molar-refractivity contribution in [3.05, 3.63) is 64.8 Å². The molecule has 142 valence electrons. The predicted molar refractivity (Wildman–Crippen MR) is 101 cm³/mol. The van der Waals surface area contributed by atoms with Gasteiger partial charge >= 0.3 is 0 Å². The van der Waals surface area contributed by atoms with Crippen LogP contribution in [-0.4, -0.2) is 45.9 Å². The van der Waals surface area contributed by atoms with Crippen molar-refractivity contribution in [3.8, 4) is 0 Å². The molecule has 1 saturated heterocycles. The predicted octanol–water partition coefficient (Wildman–Crippen LogP) is 1.30. The fraction of sp³-hybridized carbons (Fsp3) is 0.400. The number of likely N-dealkylation sites (tertiary alicyclic amines) is 1. The lowest BCUT2D eigenvalue weighted by Gasteiger charge is -2.31. The molecule has 3 rings (SSSR count). The summed E-state index contributed by atoms with van der Waals surface area (Å²) >= 11 is 0. The molecule has 2 aromatic rings. The van der Waals surface area contributed by atoms with Crippen LogP contribution in [0.5, 0.6) is 0 Å². The van der Waals surface area contributed by atoms with Gasteiger partial charge in [-0.15, -0.1) is 0 Å². The van der Waals surface area contributed by atoms with E-state index in [2.05, 4.69) is 10.3 Å². The Bertz CT molecular complexity index is 826. The molecule has 0 saturated carbocycles. The monoisotopic (exact) mass is 368 g/mol. The Morgan fingerprint density at radius 2 is 1.89 bits per heavy atom. The minimum Gasteiger partial charge on any atom is -0.356 e. The molecule has 1 N–H and O–H groups in total. The Hall–Kier alpha value is -2.96. The van der Waals surface area contributed by atoms with Gasteiger partial charge in [-0.1, -0.05) is 12.1 Å². The highest BCUT2D eigenvalue weighted by Gasteiger charge is 2.27. The van der Waals surface area contributed by atoms with Gasteiger partial charge in [0.2, 0.25) is 11.5 Å². The second-order valence-corrected chi connectivity index (χ2v) is 6.66. The molecule has 0 unspecified atom stereocenters. The molecule has 0 aliphatic carbocycles. The van der Waals surface area contributed by atoms with Crippen LogP contribution in [0.25, 0.3) is 0 Å². The Labute approximate surface area is 158 Å². The van der Waals surface area contributed by atoms with Crippen molar-refractivity contribution in [1.29, 1.82) is 0 Å². The third-order valence-corrected chi connectivity index (χ3v) is 4.81. The first-order valence-electron chi connectivity index (χ1n) is 9.28. The number of hydrogen-bond donors (Lipinski definition) is 1. The van der Waals surface area contributed by atoms with Gasteiger partial charge < -0.3 is 14.8 Å². The maximum atomic E-state index is 12.4. The number of aryl methyl sites for hydroxylation is 1. The first-order chi connectivity index (χ1) is 13.1. The lowest BCUT2D eigenvalue weighted by Crippen LogP contribution is -2.43. The summed E-state index contributed by atoms with van der Waals surface area (Å²) in [7, 11) is 0. The molecule has 0 spiro atoms. The van der Waals surface area contributed by atoms with Crippen LogP contribution in [0.1, 0.15) is 29.8 Å². The van der Waals surface area contributed by atoms with E-state index in [0.29, 0.717) is 51.1 Å². The molecule has 0 aromatic carbocycles. The lowest BCUT2D eigenvalue weighted by molar-refractivity contribution is -0.126. The van der Waals surface area contributed by atoms with Crippen molar-refractivity contribution in [1.82, 2.24) is 19.8 Å². The number of nitrogens with zero attached hydrogens (tertiary/aromatic N) is 3. The van der Waals surface area contributed by atoms with Crippen LogP contribution in [-0.2, 0) is 11.3 Å². The van der Waals surface area contributed by atoms with Crippen molar-refractivity contribution >= 4 is 11.8 Å². The van der Waals surface area contributed by atoms with E-state index in [0.717, 1.165) is 0 Å². The number of piperidine rings is 1. The van der Waals surface area contributed by atoms with E-state index in [9.17, 15) is 14.4 Å². The number of nitrogens with one attached hydrogen (secondary N) is 1. The summed E-state index contributed by atoms with van der Waals surface area (Å²) in [5.74, 6) is -0.125. The van der Waals surface area contributed by atoms with Crippen molar-refractivity contribution in [2.24, 2.45) is 5.92 Å². The Morgan fingerprint density at radius 1 is 1.11 bits per heavy atom. The zero-order valence-corrected chi connectivity index (χ0v) is 15.2. The van der Waals surface area contributed by atoms with Gasteiger partial charge in [-0.2, -0.15) is 0 Å². The summed E-state index contributed by atoms with van der Waals surface area (Å²) in [5.41, 5.74) is 0.408. The molecule has 27 heavy (non-hydrogen) atoms. The molecule has 7 nitrogen and oxygen atoms in total. The van der Waals surface area contributed by atoms with E-state index >= 15 is 0 Å². The Morgan fingerprint density at radius 3 is 2.59 bits per heavy atom. The normalized spacial score (nSPS) is 14.7. The van der Waals surface area contributed by atoms with Crippen LogP contribution >= 0.6 is 0 Å². The molecule has 0 bridgehead atoms. The number of rotatable bonds is 6. The highest BCUT2D eigenvalue weighted by atomic mass is 16.2. The number of carbonyl (C=O) groups excluding carboxylic acids is 2. The topological polar surface area (TPSA) is 84.3 Å². The minimum atomic E-state index is -0.0808. The quantitative estimate of drug-likeness (QED) is 0.779. The lowest BCUT2D eigenvalue weighted by atomic mass is 9.95. The molecular weight excluding hydrogens is 344 g/mol. The van der Waals surface area contributed by atoms with E-state index in [1.165, 1.54) is 6.07 Å². The van der Waals surface area contributed by atoms with Gasteiger partial charge in [0, 0.05) is 50.6 Å². The maximum absolute atomic E-state index is 12.4. The molecule has 0 atom stereocenters. The molecule has 1 fully saturated rings. The average molecular weight is 368 g/mol. The van der Waals surface area contributed by atoms with E-state index in [-0.39, 0.29) is 23.3 Å². The van der Waals surface area contributed by atoms with Crippen LogP contribution in [0.2, 0.25) is 0 Å². The summed E-state index contributed by atoms with van der Waals surface area (Å²) in [6.07, 6.45) is 5.37. The highest BCUT2D eigenvalue weighted by Crippen LogP contribution is 2.18. The van der Waals surface area contributed by atoms with Gasteiger partial charge in [0.25, 0.3) is 5.91 Å². The van der Waals surface area contributed by atoms with Crippen LogP contribution in [0.4, 0.5) is 0 Å². The van der Waals surface area contributed by atoms with Crippen LogP contribution in [0.15, 0.2) is 53.6 Å². The highest BCUT2D eigenvalue weighted by molar-refractivity contribution is 5.92. The molecular formula is C20H24N4O3. The zero-order valence-electron chi connectivity index (χ0n) is 15.2. The van der Waals surface area contributed by atoms with Crippen molar-refractivity contribution < 1.29 is 9.59 Å². The summed E-state index contributed by atoms with van der Waals surface area (Å²) in [6, 6.07) is 10.3. The van der Waals surface area contributed by atoms with E-state index in [1.54, 1.807) is 46.1 Å². The molecule has 2 aromatic heterocycles. The van der Waals surface area contributed by atoms with Gasteiger partial charge in [-0.05, 0) is 37.5 Å².